The highest BCUT2D eigenvalue weighted by Crippen LogP contribution is 2.39. The molecule has 0 unspecified atom stereocenters. The van der Waals surface area contributed by atoms with Gasteiger partial charge in [0, 0.05) is 16.7 Å². The highest BCUT2D eigenvalue weighted by molar-refractivity contribution is 6.13. The van der Waals surface area contributed by atoms with Crippen LogP contribution in [0.2, 0.25) is 0 Å². The van der Waals surface area contributed by atoms with Crippen molar-refractivity contribution in [2.45, 2.75) is 0 Å². The van der Waals surface area contributed by atoms with Gasteiger partial charge in [-0.05, 0) is 88.9 Å². The van der Waals surface area contributed by atoms with Crippen LogP contribution in [-0.2, 0) is 0 Å². The molecule has 10 rings (SSSR count). The quantitative estimate of drug-likeness (QED) is 0.177. The van der Waals surface area contributed by atoms with Gasteiger partial charge in [0.05, 0.1) is 0 Å². The fourth-order valence-corrected chi connectivity index (χ4v) is 7.05. The number of hydrogen-bond donors (Lipinski definition) is 0. The average molecular weight is 640 g/mol. The number of benzene rings is 8. The smallest absolute Gasteiger partial charge is 0.165 e. The van der Waals surface area contributed by atoms with Gasteiger partial charge < -0.3 is 0 Å². The van der Waals surface area contributed by atoms with E-state index in [1.165, 1.54) is 0 Å². The van der Waals surface area contributed by atoms with Crippen molar-refractivity contribution in [3.05, 3.63) is 152 Å². The number of nitrogens with zero attached hydrogens (tertiary/aromatic N) is 7. The number of rotatable bonds is 4. The monoisotopic (exact) mass is 639 g/mol. The fourth-order valence-electron chi connectivity index (χ4n) is 7.05. The molecule has 0 aliphatic carbocycles. The maximum absolute atomic E-state index is 5.35. The van der Waals surface area contributed by atoms with E-state index in [4.69, 9.17) is 15.0 Å². The molecular formula is C43H25N7. The third kappa shape index (κ3) is 4.64. The van der Waals surface area contributed by atoms with Gasteiger partial charge >= 0.3 is 0 Å². The summed E-state index contributed by atoms with van der Waals surface area (Å²) < 4.78 is 0. The summed E-state index contributed by atoms with van der Waals surface area (Å²) in [5.41, 5.74) is 6.30. The van der Waals surface area contributed by atoms with Gasteiger partial charge in [-0.1, -0.05) is 127 Å². The van der Waals surface area contributed by atoms with Crippen molar-refractivity contribution in [2.75, 3.05) is 0 Å². The van der Waals surface area contributed by atoms with Gasteiger partial charge in [-0.3, -0.25) is 0 Å². The molecule has 7 heteroatoms. The Hall–Kier alpha value is -6.99. The highest BCUT2D eigenvalue weighted by Gasteiger charge is 2.20. The molecule has 10 aromatic rings. The summed E-state index contributed by atoms with van der Waals surface area (Å²) in [4.78, 5) is 15.8. The molecular weight excluding hydrogens is 615 g/mol. The van der Waals surface area contributed by atoms with Crippen molar-refractivity contribution >= 4 is 54.1 Å². The Balaban J connectivity index is 1.24. The van der Waals surface area contributed by atoms with E-state index >= 15 is 0 Å². The van der Waals surface area contributed by atoms with Crippen LogP contribution in [0.15, 0.2) is 152 Å². The summed E-state index contributed by atoms with van der Waals surface area (Å²) in [7, 11) is 0. The maximum atomic E-state index is 5.35. The van der Waals surface area contributed by atoms with E-state index in [9.17, 15) is 0 Å². The van der Waals surface area contributed by atoms with Crippen LogP contribution in [0.1, 0.15) is 0 Å². The van der Waals surface area contributed by atoms with E-state index in [-0.39, 0.29) is 0 Å². The first kappa shape index (κ1) is 28.1. The lowest BCUT2D eigenvalue weighted by atomic mass is 9.95. The molecule has 8 aromatic carbocycles. The molecule has 0 aliphatic heterocycles. The number of hydrogen-bond acceptors (Lipinski definition) is 7. The van der Waals surface area contributed by atoms with Crippen LogP contribution in [-0.4, -0.2) is 35.6 Å². The Morgan fingerprint density at radius 1 is 0.300 bits per heavy atom. The molecule has 0 atom stereocenters. The lowest BCUT2D eigenvalue weighted by Crippen LogP contribution is -2.02. The van der Waals surface area contributed by atoms with Gasteiger partial charge in [-0.15, -0.1) is 10.2 Å². The minimum absolute atomic E-state index is 0.602. The summed E-state index contributed by atoms with van der Waals surface area (Å²) in [5, 5.41) is 24.5. The van der Waals surface area contributed by atoms with Gasteiger partial charge in [0.25, 0.3) is 0 Å². The second kappa shape index (κ2) is 11.3. The molecule has 232 valence electrons. The van der Waals surface area contributed by atoms with Crippen molar-refractivity contribution in [3.8, 4) is 45.3 Å². The van der Waals surface area contributed by atoms with Gasteiger partial charge in [0.15, 0.2) is 17.5 Å². The van der Waals surface area contributed by atoms with Gasteiger partial charge in [0.1, 0.15) is 11.0 Å². The molecule has 2 aromatic heterocycles. The second-order valence-corrected chi connectivity index (χ2v) is 12.4. The van der Waals surface area contributed by atoms with Crippen LogP contribution in [0.25, 0.3) is 99.4 Å². The molecule has 0 fully saturated rings. The van der Waals surface area contributed by atoms with Crippen molar-refractivity contribution in [1.82, 2.24) is 35.6 Å². The molecule has 0 saturated carbocycles. The molecule has 0 aliphatic rings. The Morgan fingerprint density at radius 2 is 0.700 bits per heavy atom. The second-order valence-electron chi connectivity index (χ2n) is 12.4. The lowest BCUT2D eigenvalue weighted by molar-refractivity contribution is 0.797. The third-order valence-electron chi connectivity index (χ3n) is 9.42. The van der Waals surface area contributed by atoms with Gasteiger partial charge in [0.2, 0.25) is 0 Å². The molecule has 2 heterocycles. The Labute approximate surface area is 286 Å². The normalized spacial score (nSPS) is 11.6. The molecule has 0 saturated heterocycles. The Bertz CT molecular complexity index is 2690. The predicted molar refractivity (Wildman–Crippen MR) is 200 cm³/mol. The van der Waals surface area contributed by atoms with Crippen LogP contribution in [0.3, 0.4) is 0 Å². The van der Waals surface area contributed by atoms with Crippen LogP contribution in [0, 0.1) is 0 Å². The first-order chi connectivity index (χ1) is 24.8. The van der Waals surface area contributed by atoms with Crippen molar-refractivity contribution < 1.29 is 0 Å². The molecule has 0 radical (unpaired) electrons. The van der Waals surface area contributed by atoms with Crippen molar-refractivity contribution in [2.24, 2.45) is 0 Å². The maximum Gasteiger partial charge on any atom is 0.165 e. The molecule has 0 spiro atoms. The minimum Gasteiger partial charge on any atom is -0.208 e. The zero-order chi connectivity index (χ0) is 33.0. The van der Waals surface area contributed by atoms with E-state index in [2.05, 4.69) is 154 Å². The lowest BCUT2D eigenvalue weighted by Gasteiger charge is -2.15. The Morgan fingerprint density at radius 3 is 1.20 bits per heavy atom. The molecule has 0 bridgehead atoms. The average Bonchev–Trinajstić information content (AvgIpc) is 3.18. The van der Waals surface area contributed by atoms with Gasteiger partial charge in [-0.25, -0.2) is 15.0 Å². The highest BCUT2D eigenvalue weighted by atomic mass is 15.4. The first-order valence-corrected chi connectivity index (χ1v) is 16.4. The summed E-state index contributed by atoms with van der Waals surface area (Å²) in [6.07, 6.45) is 0. The van der Waals surface area contributed by atoms with Gasteiger partial charge in [-0.2, -0.15) is 0 Å². The third-order valence-corrected chi connectivity index (χ3v) is 9.42. The summed E-state index contributed by atoms with van der Waals surface area (Å²) in [6, 6.07) is 52.5. The van der Waals surface area contributed by atoms with E-state index < -0.39 is 0 Å². The van der Waals surface area contributed by atoms with Crippen LogP contribution in [0.4, 0.5) is 0 Å². The summed E-state index contributed by atoms with van der Waals surface area (Å²) in [6.45, 7) is 0. The summed E-state index contributed by atoms with van der Waals surface area (Å²) in [5.74, 6) is 1.87. The zero-order valence-corrected chi connectivity index (χ0v) is 26.6. The minimum atomic E-state index is 0.602. The standard InChI is InChI=1S/C43H25N7/c1-5-13-33-29(9-1)23-30-10-2-6-14-34(30)39(33)42-44-41(27-19-17-26(18-20-27)28-21-22-37-38(25-28)48-50-49-47-37)45-43(46-42)40-35-15-7-3-11-31(35)24-32-12-4-8-16-36(32)40/h1-25H. The molecule has 50 heavy (non-hydrogen) atoms. The zero-order valence-electron chi connectivity index (χ0n) is 26.6. The number of aromatic nitrogens is 7. The van der Waals surface area contributed by atoms with Crippen LogP contribution in [0.5, 0.6) is 0 Å². The molecule has 0 N–H and O–H groups in total. The van der Waals surface area contributed by atoms with E-state index in [0.29, 0.717) is 28.5 Å². The topological polar surface area (TPSA) is 90.2 Å². The summed E-state index contributed by atoms with van der Waals surface area (Å²) >= 11 is 0. The molecule has 0 amide bonds. The van der Waals surface area contributed by atoms with E-state index in [1.807, 2.05) is 18.2 Å². The molecule has 7 nitrogen and oxygen atoms in total. The van der Waals surface area contributed by atoms with Crippen molar-refractivity contribution in [1.29, 1.82) is 0 Å². The largest absolute Gasteiger partial charge is 0.208 e. The van der Waals surface area contributed by atoms with Crippen LogP contribution < -0.4 is 0 Å². The predicted octanol–water partition coefficient (Wildman–Crippen LogP) is 9.89. The van der Waals surface area contributed by atoms with E-state index in [0.717, 1.165) is 70.9 Å². The number of fused-ring (bicyclic) bond motifs is 5. The first-order valence-electron chi connectivity index (χ1n) is 16.4. The van der Waals surface area contributed by atoms with E-state index in [1.54, 1.807) is 0 Å². The SMILES string of the molecule is c1ccc2c(-c3nc(-c4ccc(-c5ccc6nnnnc6c5)cc4)nc(-c4c5ccccc5cc5ccccc45)n3)c3ccccc3cc2c1. The fraction of sp³-hybridized carbons (Fsp3) is 0. The van der Waals surface area contributed by atoms with Crippen LogP contribution >= 0.6 is 0 Å². The van der Waals surface area contributed by atoms with Crippen molar-refractivity contribution in [3.63, 3.8) is 0 Å². The Kier molecular flexibility index (Phi) is 6.35.